The Morgan fingerprint density at radius 2 is 2.13 bits per heavy atom. The van der Waals surface area contributed by atoms with Gasteiger partial charge >= 0.3 is 11.8 Å². The number of carbonyl (C=O) groups excluding carboxylic acids is 2. The lowest BCUT2D eigenvalue weighted by atomic mass is 10.1. The van der Waals surface area contributed by atoms with Gasteiger partial charge in [0, 0.05) is 29.4 Å². The first-order chi connectivity index (χ1) is 11.1. The summed E-state index contributed by atoms with van der Waals surface area (Å²) in [7, 11) is 1.71. The van der Waals surface area contributed by atoms with Crippen LogP contribution in [-0.4, -0.2) is 41.3 Å². The van der Waals surface area contributed by atoms with Crippen molar-refractivity contribution >= 4 is 40.6 Å². The zero-order valence-corrected chi connectivity index (χ0v) is 14.5. The quantitative estimate of drug-likeness (QED) is 0.868. The van der Waals surface area contributed by atoms with E-state index in [2.05, 4.69) is 5.32 Å². The van der Waals surface area contributed by atoms with Crippen LogP contribution < -0.4 is 5.32 Å². The van der Waals surface area contributed by atoms with E-state index in [1.807, 2.05) is 47.5 Å². The smallest absolute Gasteiger partial charge is 0.313 e. The van der Waals surface area contributed by atoms with Gasteiger partial charge in [0.05, 0.1) is 0 Å². The fourth-order valence-corrected chi connectivity index (χ4v) is 4.52. The maximum Gasteiger partial charge on any atom is 0.313 e. The summed E-state index contributed by atoms with van der Waals surface area (Å²) < 4.78 is 0. The zero-order chi connectivity index (χ0) is 16.2. The van der Waals surface area contributed by atoms with Gasteiger partial charge in [0.2, 0.25) is 0 Å². The Balaban J connectivity index is 1.67. The first kappa shape index (κ1) is 16.1. The molecule has 2 heterocycles. The van der Waals surface area contributed by atoms with Gasteiger partial charge in [-0.1, -0.05) is 18.2 Å². The second-order valence-electron chi connectivity index (χ2n) is 5.45. The van der Waals surface area contributed by atoms with Gasteiger partial charge in [-0.25, -0.2) is 0 Å². The molecule has 4 nitrogen and oxygen atoms in total. The summed E-state index contributed by atoms with van der Waals surface area (Å²) in [6, 6.07) is 11.7. The van der Waals surface area contributed by atoms with Crippen molar-refractivity contribution in [1.82, 2.24) is 4.90 Å². The SMILES string of the molecule is CN(C(=O)C(=O)Nc1cccc(-c2cccs2)c1)C1CCSC1. The van der Waals surface area contributed by atoms with Crippen molar-refractivity contribution in [3.05, 3.63) is 41.8 Å². The minimum absolute atomic E-state index is 0.163. The number of anilines is 1. The number of hydrogen-bond donors (Lipinski definition) is 1. The molecule has 1 aliphatic rings. The van der Waals surface area contributed by atoms with Gasteiger partial charge in [0.15, 0.2) is 0 Å². The summed E-state index contributed by atoms with van der Waals surface area (Å²) in [5.74, 6) is 0.905. The molecule has 2 amide bonds. The van der Waals surface area contributed by atoms with E-state index in [0.717, 1.165) is 28.4 Å². The molecule has 3 rings (SSSR count). The van der Waals surface area contributed by atoms with Crippen molar-refractivity contribution in [2.75, 3.05) is 23.9 Å². The van der Waals surface area contributed by atoms with Crippen LogP contribution >= 0.6 is 23.1 Å². The molecule has 1 N–H and O–H groups in total. The number of nitrogens with one attached hydrogen (secondary N) is 1. The van der Waals surface area contributed by atoms with Crippen LogP contribution in [-0.2, 0) is 9.59 Å². The number of nitrogens with zero attached hydrogens (tertiary/aromatic N) is 1. The number of benzene rings is 1. The Labute approximate surface area is 143 Å². The number of likely N-dealkylation sites (N-methyl/N-ethyl adjacent to an activating group) is 1. The number of carbonyl (C=O) groups is 2. The second-order valence-corrected chi connectivity index (χ2v) is 7.54. The van der Waals surface area contributed by atoms with E-state index in [4.69, 9.17) is 0 Å². The first-order valence-electron chi connectivity index (χ1n) is 7.45. The molecule has 0 aliphatic carbocycles. The number of thioether (sulfide) groups is 1. The minimum Gasteiger partial charge on any atom is -0.334 e. The topological polar surface area (TPSA) is 49.4 Å². The molecule has 0 saturated carbocycles. The molecular weight excluding hydrogens is 328 g/mol. The Hall–Kier alpha value is -1.79. The van der Waals surface area contributed by atoms with Gasteiger partial charge in [-0.15, -0.1) is 11.3 Å². The van der Waals surface area contributed by atoms with Crippen molar-refractivity contribution in [3.8, 4) is 10.4 Å². The van der Waals surface area contributed by atoms with Crippen LogP contribution in [0.3, 0.4) is 0 Å². The lowest BCUT2D eigenvalue weighted by Crippen LogP contribution is -2.43. The molecule has 23 heavy (non-hydrogen) atoms. The predicted octanol–water partition coefficient (Wildman–Crippen LogP) is 3.32. The van der Waals surface area contributed by atoms with E-state index >= 15 is 0 Å². The van der Waals surface area contributed by atoms with Crippen LogP contribution in [0.1, 0.15) is 6.42 Å². The van der Waals surface area contributed by atoms with Crippen LogP contribution in [0.25, 0.3) is 10.4 Å². The van der Waals surface area contributed by atoms with Crippen LogP contribution in [0.4, 0.5) is 5.69 Å². The lowest BCUT2D eigenvalue weighted by Gasteiger charge is -2.23. The molecule has 0 spiro atoms. The molecule has 6 heteroatoms. The summed E-state index contributed by atoms with van der Waals surface area (Å²) in [6.07, 6.45) is 0.952. The number of hydrogen-bond acceptors (Lipinski definition) is 4. The third-order valence-electron chi connectivity index (χ3n) is 3.89. The third-order valence-corrected chi connectivity index (χ3v) is 5.96. The van der Waals surface area contributed by atoms with Gasteiger partial charge < -0.3 is 10.2 Å². The van der Waals surface area contributed by atoms with E-state index in [1.165, 1.54) is 0 Å². The molecule has 0 radical (unpaired) electrons. The van der Waals surface area contributed by atoms with Crippen molar-refractivity contribution in [1.29, 1.82) is 0 Å². The maximum atomic E-state index is 12.3. The monoisotopic (exact) mass is 346 g/mol. The minimum atomic E-state index is -0.576. The van der Waals surface area contributed by atoms with Crippen LogP contribution in [0.5, 0.6) is 0 Å². The normalized spacial score (nSPS) is 17.0. The Morgan fingerprint density at radius 1 is 1.26 bits per heavy atom. The van der Waals surface area contributed by atoms with Crippen LogP contribution in [0, 0.1) is 0 Å². The zero-order valence-electron chi connectivity index (χ0n) is 12.8. The van der Waals surface area contributed by atoms with E-state index in [1.54, 1.807) is 29.4 Å². The molecule has 1 aromatic carbocycles. The van der Waals surface area contributed by atoms with E-state index in [0.29, 0.717) is 5.69 Å². The standard InChI is InChI=1S/C17H18N2O2S2/c1-19(14-7-9-22-11-14)17(21)16(20)18-13-5-2-4-12(10-13)15-6-3-8-23-15/h2-6,8,10,14H,7,9,11H2,1H3,(H,18,20). The average Bonchev–Trinajstić information content (AvgIpc) is 3.26. The average molecular weight is 346 g/mol. The highest BCUT2D eigenvalue weighted by molar-refractivity contribution is 7.99. The molecule has 1 atom stereocenters. The van der Waals surface area contributed by atoms with Crippen molar-refractivity contribution in [3.63, 3.8) is 0 Å². The fourth-order valence-electron chi connectivity index (χ4n) is 2.53. The number of thiophene rings is 1. The molecule has 1 unspecified atom stereocenters. The predicted molar refractivity (Wildman–Crippen MR) is 96.9 cm³/mol. The molecule has 2 aromatic rings. The molecule has 1 aromatic heterocycles. The Bertz CT molecular complexity index is 694. The Morgan fingerprint density at radius 3 is 2.83 bits per heavy atom. The van der Waals surface area contributed by atoms with Gasteiger partial charge in [0.1, 0.15) is 0 Å². The lowest BCUT2D eigenvalue weighted by molar-refractivity contribution is -0.143. The molecular formula is C17H18N2O2S2. The third kappa shape index (κ3) is 3.76. The molecule has 1 saturated heterocycles. The largest absolute Gasteiger partial charge is 0.334 e. The fraction of sp³-hybridized carbons (Fsp3) is 0.294. The number of amides is 2. The Kier molecular flexibility index (Phi) is 5.03. The highest BCUT2D eigenvalue weighted by atomic mass is 32.2. The summed E-state index contributed by atoms with van der Waals surface area (Å²) in [6.45, 7) is 0. The first-order valence-corrected chi connectivity index (χ1v) is 9.48. The van der Waals surface area contributed by atoms with Crippen molar-refractivity contribution in [2.24, 2.45) is 0 Å². The van der Waals surface area contributed by atoms with Gasteiger partial charge in [-0.05, 0) is 41.3 Å². The van der Waals surface area contributed by atoms with E-state index in [-0.39, 0.29) is 6.04 Å². The van der Waals surface area contributed by atoms with E-state index in [9.17, 15) is 9.59 Å². The second kappa shape index (κ2) is 7.19. The maximum absolute atomic E-state index is 12.3. The summed E-state index contributed by atoms with van der Waals surface area (Å²) in [5, 5.41) is 4.73. The molecule has 120 valence electrons. The molecule has 1 fully saturated rings. The summed E-state index contributed by atoms with van der Waals surface area (Å²) >= 11 is 3.46. The van der Waals surface area contributed by atoms with Crippen molar-refractivity contribution in [2.45, 2.75) is 12.5 Å². The van der Waals surface area contributed by atoms with Gasteiger partial charge in [0.25, 0.3) is 0 Å². The highest BCUT2D eigenvalue weighted by Crippen LogP contribution is 2.27. The van der Waals surface area contributed by atoms with Crippen LogP contribution in [0.15, 0.2) is 41.8 Å². The number of rotatable bonds is 3. The summed E-state index contributed by atoms with van der Waals surface area (Å²) in [4.78, 5) is 27.2. The summed E-state index contributed by atoms with van der Waals surface area (Å²) in [5.41, 5.74) is 1.68. The van der Waals surface area contributed by atoms with E-state index < -0.39 is 11.8 Å². The molecule has 0 bridgehead atoms. The van der Waals surface area contributed by atoms with Gasteiger partial charge in [-0.3, -0.25) is 9.59 Å². The van der Waals surface area contributed by atoms with Crippen LogP contribution in [0.2, 0.25) is 0 Å². The molecule has 1 aliphatic heterocycles. The highest BCUT2D eigenvalue weighted by Gasteiger charge is 2.27. The van der Waals surface area contributed by atoms with Gasteiger partial charge in [-0.2, -0.15) is 11.8 Å². The van der Waals surface area contributed by atoms with Crippen molar-refractivity contribution < 1.29 is 9.59 Å².